The van der Waals surface area contributed by atoms with Crippen LogP contribution in [0.5, 0.6) is 5.75 Å². The van der Waals surface area contributed by atoms with E-state index in [4.69, 9.17) is 0 Å². The van der Waals surface area contributed by atoms with Gasteiger partial charge in [-0.05, 0) is 92.6 Å². The first-order valence-electron chi connectivity index (χ1n) is 17.0. The summed E-state index contributed by atoms with van der Waals surface area (Å²) in [6.07, 6.45) is 2.59. The molecule has 4 aliphatic rings. The number of rotatable bonds is 5. The molecule has 0 bridgehead atoms. The molecule has 2 aliphatic carbocycles. The number of nitrogens with zero attached hydrogens (tertiary/aromatic N) is 2. The Morgan fingerprint density at radius 3 is 1.94 bits per heavy atom. The molecule has 250 valence electrons. The minimum atomic E-state index is -1.16. The Morgan fingerprint density at radius 1 is 0.720 bits per heavy atom. The van der Waals surface area contributed by atoms with Crippen LogP contribution in [0.3, 0.4) is 0 Å². The number of ketones is 1. The minimum absolute atomic E-state index is 0.157. The van der Waals surface area contributed by atoms with Gasteiger partial charge in [0, 0.05) is 17.0 Å². The number of para-hydroxylation sites is 1. The minimum Gasteiger partial charge on any atom is -0.507 e. The third kappa shape index (κ3) is 4.47. The summed E-state index contributed by atoms with van der Waals surface area (Å²) in [6, 6.07) is 28.1. The van der Waals surface area contributed by atoms with Crippen LogP contribution in [0.25, 0.3) is 0 Å². The number of imide groups is 2. The van der Waals surface area contributed by atoms with Gasteiger partial charge in [0.25, 0.3) is 0 Å². The number of carbonyl (C=O) groups excluding carboxylic acids is 5. The Kier molecular flexibility index (Phi) is 7.26. The quantitative estimate of drug-likeness (QED) is 0.145. The Morgan fingerprint density at radius 2 is 1.30 bits per heavy atom. The van der Waals surface area contributed by atoms with Crippen LogP contribution >= 0.6 is 0 Å². The van der Waals surface area contributed by atoms with E-state index in [1.807, 2.05) is 51.1 Å². The molecule has 50 heavy (non-hydrogen) atoms. The fraction of sp³-hybridized carbons (Fsp3) is 0.262. The van der Waals surface area contributed by atoms with E-state index in [0.717, 1.165) is 11.1 Å². The van der Waals surface area contributed by atoms with Crippen LogP contribution in [0.2, 0.25) is 0 Å². The molecule has 0 spiro atoms. The molecule has 0 radical (unpaired) electrons. The molecule has 4 aromatic carbocycles. The molecule has 6 unspecified atom stereocenters. The van der Waals surface area contributed by atoms with Crippen LogP contribution in [-0.4, -0.2) is 34.5 Å². The highest BCUT2D eigenvalue weighted by molar-refractivity contribution is 6.25. The van der Waals surface area contributed by atoms with E-state index in [-0.39, 0.29) is 41.6 Å². The standard InChI is InChI=1S/C42H36N2O6/c1-23-20-27(21-24(2)36(23)45)35-30-18-19-31-34(32(30)22-33-39(48)44(41(50)42(33,35)3)28-12-8-5-9-13-28)40(49)43(38(31)47)29-16-14-26(15-17-29)37(46)25-10-6-4-7-11-25/h4-18,20-21,31-35,45H,19,22H2,1-3H3. The van der Waals surface area contributed by atoms with Gasteiger partial charge in [0.15, 0.2) is 5.78 Å². The Bertz CT molecular complexity index is 2120. The summed E-state index contributed by atoms with van der Waals surface area (Å²) < 4.78 is 0. The molecule has 1 saturated carbocycles. The lowest BCUT2D eigenvalue weighted by molar-refractivity contribution is -0.131. The van der Waals surface area contributed by atoms with Crippen molar-refractivity contribution in [3.63, 3.8) is 0 Å². The topological polar surface area (TPSA) is 112 Å². The maximum absolute atomic E-state index is 14.6. The zero-order valence-corrected chi connectivity index (χ0v) is 28.0. The van der Waals surface area contributed by atoms with E-state index < -0.39 is 35.0 Å². The number of anilines is 2. The van der Waals surface area contributed by atoms with Crippen molar-refractivity contribution in [2.24, 2.45) is 29.1 Å². The van der Waals surface area contributed by atoms with Crippen LogP contribution in [0, 0.1) is 42.9 Å². The van der Waals surface area contributed by atoms with Crippen molar-refractivity contribution in [2.45, 2.75) is 39.5 Å². The van der Waals surface area contributed by atoms with Gasteiger partial charge in [0.2, 0.25) is 23.6 Å². The van der Waals surface area contributed by atoms with Gasteiger partial charge in [-0.3, -0.25) is 28.9 Å². The number of aryl methyl sites for hydroxylation is 2. The van der Waals surface area contributed by atoms with Gasteiger partial charge in [0.1, 0.15) is 5.75 Å². The molecule has 0 aromatic heterocycles. The molecule has 8 nitrogen and oxygen atoms in total. The Labute approximate surface area is 290 Å². The molecule has 1 N–H and O–H groups in total. The first kappa shape index (κ1) is 31.6. The van der Waals surface area contributed by atoms with E-state index in [1.165, 1.54) is 9.80 Å². The molecular weight excluding hydrogens is 628 g/mol. The summed E-state index contributed by atoms with van der Waals surface area (Å²) in [5.41, 5.74) is 3.71. The fourth-order valence-corrected chi connectivity index (χ4v) is 9.15. The van der Waals surface area contributed by atoms with E-state index >= 15 is 0 Å². The number of carbonyl (C=O) groups is 5. The van der Waals surface area contributed by atoms with Crippen molar-refractivity contribution in [2.75, 3.05) is 9.80 Å². The zero-order valence-electron chi connectivity index (χ0n) is 28.0. The number of phenols is 1. The second-order valence-corrected chi connectivity index (χ2v) is 14.3. The van der Waals surface area contributed by atoms with Crippen molar-refractivity contribution in [1.29, 1.82) is 0 Å². The number of phenolic OH excluding ortho intramolecular Hbond substituents is 1. The summed E-state index contributed by atoms with van der Waals surface area (Å²) in [6.45, 7) is 5.48. The van der Waals surface area contributed by atoms with Gasteiger partial charge in [-0.1, -0.05) is 72.3 Å². The number of amides is 4. The molecule has 2 saturated heterocycles. The van der Waals surface area contributed by atoms with E-state index in [9.17, 15) is 29.1 Å². The molecule has 4 aromatic rings. The van der Waals surface area contributed by atoms with Gasteiger partial charge in [-0.25, -0.2) is 4.90 Å². The van der Waals surface area contributed by atoms with Crippen LogP contribution in [-0.2, 0) is 19.2 Å². The molecule has 3 fully saturated rings. The maximum Gasteiger partial charge on any atom is 0.241 e. The molecule has 2 aliphatic heterocycles. The third-order valence-electron chi connectivity index (χ3n) is 11.6. The lowest BCUT2D eigenvalue weighted by Gasteiger charge is -2.49. The van der Waals surface area contributed by atoms with Crippen molar-refractivity contribution >= 4 is 40.8 Å². The predicted octanol–water partition coefficient (Wildman–Crippen LogP) is 6.68. The number of benzene rings is 4. The van der Waals surface area contributed by atoms with E-state index in [1.54, 1.807) is 72.8 Å². The fourth-order valence-electron chi connectivity index (χ4n) is 9.15. The van der Waals surface area contributed by atoms with E-state index in [2.05, 4.69) is 0 Å². The number of allylic oxidation sites excluding steroid dienone is 2. The van der Waals surface area contributed by atoms with Gasteiger partial charge < -0.3 is 5.11 Å². The summed E-state index contributed by atoms with van der Waals surface area (Å²) in [5.74, 6) is -4.33. The number of fused-ring (bicyclic) bond motifs is 4. The largest absolute Gasteiger partial charge is 0.507 e. The van der Waals surface area contributed by atoms with Crippen LogP contribution in [0.4, 0.5) is 11.4 Å². The molecule has 8 heteroatoms. The lowest BCUT2D eigenvalue weighted by atomic mass is 9.51. The second kappa shape index (κ2) is 11.5. The second-order valence-electron chi connectivity index (χ2n) is 14.3. The van der Waals surface area contributed by atoms with E-state index in [0.29, 0.717) is 40.0 Å². The molecule has 6 atom stereocenters. The number of hydrogen-bond donors (Lipinski definition) is 1. The van der Waals surface area contributed by atoms with Crippen LogP contribution in [0.1, 0.15) is 58.3 Å². The Hall–Kier alpha value is -5.63. The first-order valence-corrected chi connectivity index (χ1v) is 17.0. The van der Waals surface area contributed by atoms with Gasteiger partial charge in [0.05, 0.1) is 34.5 Å². The van der Waals surface area contributed by atoms with Crippen LogP contribution < -0.4 is 9.80 Å². The van der Waals surface area contributed by atoms with Gasteiger partial charge in [-0.15, -0.1) is 0 Å². The average Bonchev–Trinajstić information content (AvgIpc) is 3.50. The third-order valence-corrected chi connectivity index (χ3v) is 11.6. The lowest BCUT2D eigenvalue weighted by Crippen LogP contribution is -2.49. The smallest absolute Gasteiger partial charge is 0.241 e. The zero-order chi connectivity index (χ0) is 35.1. The highest BCUT2D eigenvalue weighted by Crippen LogP contribution is 2.64. The summed E-state index contributed by atoms with van der Waals surface area (Å²) in [7, 11) is 0. The van der Waals surface area contributed by atoms with Crippen molar-refractivity contribution in [3.05, 3.63) is 137 Å². The first-order chi connectivity index (χ1) is 24.0. The normalized spacial score (nSPS) is 27.2. The van der Waals surface area contributed by atoms with Crippen molar-refractivity contribution in [3.8, 4) is 5.75 Å². The average molecular weight is 665 g/mol. The maximum atomic E-state index is 14.6. The van der Waals surface area contributed by atoms with Crippen LogP contribution in [0.15, 0.2) is 109 Å². The van der Waals surface area contributed by atoms with Crippen molar-refractivity contribution < 1.29 is 29.1 Å². The molecular formula is C42H36N2O6. The van der Waals surface area contributed by atoms with Gasteiger partial charge >= 0.3 is 0 Å². The highest BCUT2D eigenvalue weighted by Gasteiger charge is 2.67. The SMILES string of the molecule is Cc1cc(C2C3=CCC4C(=O)N(c5ccc(C(=O)c6ccccc6)cc5)C(=O)C4C3CC3C(=O)N(c4ccccc4)C(=O)C32C)cc(C)c1O. The number of hydrogen-bond acceptors (Lipinski definition) is 6. The summed E-state index contributed by atoms with van der Waals surface area (Å²) in [5, 5.41) is 10.7. The summed E-state index contributed by atoms with van der Waals surface area (Å²) in [4.78, 5) is 73.0. The van der Waals surface area contributed by atoms with Gasteiger partial charge in [-0.2, -0.15) is 0 Å². The van der Waals surface area contributed by atoms with Crippen molar-refractivity contribution in [1.82, 2.24) is 0 Å². The highest BCUT2D eigenvalue weighted by atomic mass is 16.3. The monoisotopic (exact) mass is 664 g/mol. The molecule has 8 rings (SSSR count). The molecule has 2 heterocycles. The summed E-state index contributed by atoms with van der Waals surface area (Å²) >= 11 is 0. The molecule has 4 amide bonds. The Balaban J connectivity index is 1.19. The predicted molar refractivity (Wildman–Crippen MR) is 187 cm³/mol. The number of aromatic hydroxyl groups is 1.